The maximum atomic E-state index is 12.5. The molecule has 18 heavy (non-hydrogen) atoms. The molecule has 0 bridgehead atoms. The van der Waals surface area contributed by atoms with Crippen LogP contribution in [-0.2, 0) is 0 Å². The van der Waals surface area contributed by atoms with Gasteiger partial charge >= 0.3 is 0 Å². The first-order valence-corrected chi connectivity index (χ1v) is 6.13. The summed E-state index contributed by atoms with van der Waals surface area (Å²) in [6, 6.07) is 1.75. The number of amides is 1. The van der Waals surface area contributed by atoms with Crippen molar-refractivity contribution in [3.63, 3.8) is 0 Å². The van der Waals surface area contributed by atoms with Crippen molar-refractivity contribution in [3.8, 4) is 0 Å². The van der Waals surface area contributed by atoms with Gasteiger partial charge in [0, 0.05) is 30.0 Å². The predicted octanol–water partition coefficient (Wildman–Crippen LogP) is 2.54. The number of pyridine rings is 1. The molecule has 0 saturated carbocycles. The van der Waals surface area contributed by atoms with Gasteiger partial charge in [0.1, 0.15) is 0 Å². The van der Waals surface area contributed by atoms with Gasteiger partial charge < -0.3 is 4.90 Å². The Balaban J connectivity index is 3.21. The zero-order chi connectivity index (χ0) is 13.9. The molecule has 0 aliphatic heterocycles. The quantitative estimate of drug-likeness (QED) is 0.769. The largest absolute Gasteiger partial charge is 0.334 e. The lowest BCUT2D eigenvalue weighted by atomic mass is 10.0. The highest BCUT2D eigenvalue weighted by Crippen LogP contribution is 2.15. The van der Waals surface area contributed by atoms with Crippen molar-refractivity contribution >= 4 is 11.7 Å². The number of Topliss-reactive ketones (excluding diaryl/α,β-unsaturated/α-hetero) is 1. The van der Waals surface area contributed by atoms with Gasteiger partial charge in [-0.05, 0) is 40.7 Å². The highest BCUT2D eigenvalue weighted by atomic mass is 16.2. The Bertz CT molecular complexity index is 445. The molecule has 1 rings (SSSR count). The Kier molecular flexibility index (Phi) is 4.59. The van der Waals surface area contributed by atoms with Crippen molar-refractivity contribution in [1.82, 2.24) is 9.88 Å². The van der Waals surface area contributed by atoms with Gasteiger partial charge in [0.15, 0.2) is 5.78 Å². The summed E-state index contributed by atoms with van der Waals surface area (Å²) in [5.41, 5.74) is 0.814. The van der Waals surface area contributed by atoms with E-state index in [9.17, 15) is 9.59 Å². The SMILES string of the molecule is CC(=O)c1ccncc1C(=O)N(C(C)C)C(C)C. The van der Waals surface area contributed by atoms with Crippen LogP contribution in [0.3, 0.4) is 0 Å². The van der Waals surface area contributed by atoms with Gasteiger partial charge in [-0.3, -0.25) is 14.6 Å². The highest BCUT2D eigenvalue weighted by Gasteiger charge is 2.24. The number of rotatable bonds is 4. The van der Waals surface area contributed by atoms with Crippen molar-refractivity contribution in [1.29, 1.82) is 0 Å². The van der Waals surface area contributed by atoms with Gasteiger partial charge in [0.25, 0.3) is 5.91 Å². The Labute approximate surface area is 108 Å². The summed E-state index contributed by atoms with van der Waals surface area (Å²) < 4.78 is 0. The fourth-order valence-corrected chi connectivity index (χ4v) is 2.08. The molecule has 0 saturated heterocycles. The molecule has 98 valence electrons. The van der Waals surface area contributed by atoms with E-state index in [2.05, 4.69) is 4.98 Å². The van der Waals surface area contributed by atoms with E-state index in [1.807, 2.05) is 27.7 Å². The van der Waals surface area contributed by atoms with Crippen LogP contribution in [-0.4, -0.2) is 33.7 Å². The molecule has 1 heterocycles. The van der Waals surface area contributed by atoms with Crippen molar-refractivity contribution < 1.29 is 9.59 Å². The summed E-state index contributed by atoms with van der Waals surface area (Å²) in [5.74, 6) is -0.258. The van der Waals surface area contributed by atoms with E-state index in [-0.39, 0.29) is 23.8 Å². The van der Waals surface area contributed by atoms with Gasteiger partial charge in [-0.25, -0.2) is 0 Å². The fraction of sp³-hybridized carbons (Fsp3) is 0.500. The minimum Gasteiger partial charge on any atom is -0.334 e. The molecule has 4 heteroatoms. The topological polar surface area (TPSA) is 50.3 Å². The zero-order valence-corrected chi connectivity index (χ0v) is 11.6. The van der Waals surface area contributed by atoms with Crippen molar-refractivity contribution in [2.75, 3.05) is 0 Å². The molecule has 1 aromatic heterocycles. The second-order valence-corrected chi connectivity index (χ2v) is 4.88. The van der Waals surface area contributed by atoms with E-state index in [1.54, 1.807) is 11.0 Å². The van der Waals surface area contributed by atoms with Crippen LogP contribution in [0.4, 0.5) is 0 Å². The van der Waals surface area contributed by atoms with Gasteiger partial charge in [0.05, 0.1) is 5.56 Å². The van der Waals surface area contributed by atoms with Gasteiger partial charge in [-0.15, -0.1) is 0 Å². The average Bonchev–Trinajstić information content (AvgIpc) is 2.27. The van der Waals surface area contributed by atoms with Crippen LogP contribution in [0.1, 0.15) is 55.3 Å². The van der Waals surface area contributed by atoms with E-state index in [0.717, 1.165) is 0 Å². The number of carbonyl (C=O) groups excluding carboxylic acids is 2. The summed E-state index contributed by atoms with van der Waals surface area (Å²) >= 11 is 0. The molecule has 4 nitrogen and oxygen atoms in total. The molecule has 1 aromatic rings. The first-order valence-electron chi connectivity index (χ1n) is 6.13. The molecule has 1 amide bonds. The lowest BCUT2D eigenvalue weighted by molar-refractivity contribution is 0.0639. The van der Waals surface area contributed by atoms with E-state index in [4.69, 9.17) is 0 Å². The van der Waals surface area contributed by atoms with Crippen LogP contribution in [0.5, 0.6) is 0 Å². The summed E-state index contributed by atoms with van der Waals surface area (Å²) in [6.45, 7) is 9.30. The van der Waals surface area contributed by atoms with Gasteiger partial charge in [-0.1, -0.05) is 0 Å². The monoisotopic (exact) mass is 248 g/mol. The summed E-state index contributed by atoms with van der Waals surface area (Å²) in [5, 5.41) is 0. The fourth-order valence-electron chi connectivity index (χ4n) is 2.08. The minimum absolute atomic E-state index is 0.0810. The van der Waals surface area contributed by atoms with Crippen LogP contribution in [0, 0.1) is 0 Å². The number of hydrogen-bond donors (Lipinski definition) is 0. The maximum Gasteiger partial charge on any atom is 0.256 e. The van der Waals surface area contributed by atoms with Crippen molar-refractivity contribution in [2.45, 2.75) is 46.7 Å². The third-order valence-corrected chi connectivity index (χ3v) is 2.78. The molecule has 0 fully saturated rings. The molecular formula is C14H20N2O2. The van der Waals surface area contributed by atoms with Crippen LogP contribution in [0.15, 0.2) is 18.5 Å². The molecule has 0 unspecified atom stereocenters. The molecule has 0 N–H and O–H groups in total. The van der Waals surface area contributed by atoms with Crippen LogP contribution >= 0.6 is 0 Å². The van der Waals surface area contributed by atoms with Crippen LogP contribution in [0.2, 0.25) is 0 Å². The second kappa shape index (κ2) is 5.76. The smallest absolute Gasteiger partial charge is 0.256 e. The molecule has 0 atom stereocenters. The molecule has 0 aromatic carbocycles. The highest BCUT2D eigenvalue weighted by molar-refractivity contribution is 6.07. The second-order valence-electron chi connectivity index (χ2n) is 4.88. The first-order chi connectivity index (χ1) is 8.36. The minimum atomic E-state index is -0.140. The molecule has 0 aliphatic rings. The van der Waals surface area contributed by atoms with E-state index < -0.39 is 0 Å². The molecule has 0 spiro atoms. The Hall–Kier alpha value is -1.71. The van der Waals surface area contributed by atoms with Crippen molar-refractivity contribution in [2.24, 2.45) is 0 Å². The standard InChI is InChI=1S/C14H20N2O2/c1-9(2)16(10(3)4)14(18)13-8-15-7-6-12(13)11(5)17/h6-10H,1-5H3. The third kappa shape index (κ3) is 2.94. The number of carbonyl (C=O) groups is 2. The van der Waals surface area contributed by atoms with E-state index in [0.29, 0.717) is 11.1 Å². The van der Waals surface area contributed by atoms with Crippen molar-refractivity contribution in [3.05, 3.63) is 29.6 Å². The van der Waals surface area contributed by atoms with Crippen LogP contribution < -0.4 is 0 Å². The Morgan fingerprint density at radius 2 is 1.67 bits per heavy atom. The number of nitrogens with zero attached hydrogens (tertiary/aromatic N) is 2. The zero-order valence-electron chi connectivity index (χ0n) is 11.6. The number of hydrogen-bond acceptors (Lipinski definition) is 3. The lowest BCUT2D eigenvalue weighted by Gasteiger charge is -2.31. The number of ketones is 1. The number of aromatic nitrogens is 1. The summed E-state index contributed by atoms with van der Waals surface area (Å²) in [6.07, 6.45) is 3.00. The van der Waals surface area contributed by atoms with Gasteiger partial charge in [0.2, 0.25) is 0 Å². The molecule has 0 radical (unpaired) electrons. The normalized spacial score (nSPS) is 10.8. The predicted molar refractivity (Wildman–Crippen MR) is 70.7 cm³/mol. The summed E-state index contributed by atoms with van der Waals surface area (Å²) in [7, 11) is 0. The summed E-state index contributed by atoms with van der Waals surface area (Å²) in [4.78, 5) is 29.7. The lowest BCUT2D eigenvalue weighted by Crippen LogP contribution is -2.42. The van der Waals surface area contributed by atoms with Crippen LogP contribution in [0.25, 0.3) is 0 Å². The average molecular weight is 248 g/mol. The Morgan fingerprint density at radius 3 is 2.11 bits per heavy atom. The molecular weight excluding hydrogens is 228 g/mol. The van der Waals surface area contributed by atoms with E-state index >= 15 is 0 Å². The Morgan fingerprint density at radius 1 is 1.11 bits per heavy atom. The third-order valence-electron chi connectivity index (χ3n) is 2.78. The van der Waals surface area contributed by atoms with E-state index in [1.165, 1.54) is 19.3 Å². The molecule has 0 aliphatic carbocycles. The van der Waals surface area contributed by atoms with Gasteiger partial charge in [-0.2, -0.15) is 0 Å². The maximum absolute atomic E-state index is 12.5. The first kappa shape index (κ1) is 14.4.